The second-order valence-corrected chi connectivity index (χ2v) is 5.14. The van der Waals surface area contributed by atoms with E-state index in [-0.39, 0.29) is 0 Å². The third-order valence-electron chi connectivity index (χ3n) is 4.14. The van der Waals surface area contributed by atoms with Gasteiger partial charge in [-0.3, -0.25) is 0 Å². The molecule has 0 amide bonds. The van der Waals surface area contributed by atoms with Gasteiger partial charge in [0.05, 0.1) is 0 Å². The van der Waals surface area contributed by atoms with Crippen molar-refractivity contribution in [2.75, 3.05) is 0 Å². The van der Waals surface area contributed by atoms with Gasteiger partial charge in [-0.1, -0.05) is 18.2 Å². The third-order valence-corrected chi connectivity index (χ3v) is 4.14. The summed E-state index contributed by atoms with van der Waals surface area (Å²) in [5.74, 6) is 0. The lowest BCUT2D eigenvalue weighted by Crippen LogP contribution is -2.31. The molecule has 90 valence electrons. The molecule has 0 fully saturated rings. The van der Waals surface area contributed by atoms with Crippen LogP contribution in [0.4, 0.5) is 0 Å². The highest BCUT2D eigenvalue weighted by atomic mass is 14.9. The van der Waals surface area contributed by atoms with Gasteiger partial charge in [-0.25, -0.2) is 4.57 Å². The van der Waals surface area contributed by atoms with Crippen molar-refractivity contribution in [2.45, 2.75) is 20.8 Å². The lowest BCUT2D eigenvalue weighted by Gasteiger charge is -2.09. The molecule has 0 bridgehead atoms. The highest BCUT2D eigenvalue weighted by Crippen LogP contribution is 2.30. The van der Waals surface area contributed by atoms with Crippen LogP contribution in [-0.4, -0.2) is 0 Å². The predicted octanol–water partition coefficient (Wildman–Crippen LogP) is 3.74. The maximum absolute atomic E-state index is 2.24. The van der Waals surface area contributed by atoms with Gasteiger partial charge < -0.3 is 0 Å². The molecule has 1 nitrogen and oxygen atoms in total. The van der Waals surface area contributed by atoms with E-state index in [2.05, 4.69) is 68.9 Å². The van der Waals surface area contributed by atoms with Gasteiger partial charge in [0.25, 0.3) is 0 Å². The number of fused-ring (bicyclic) bond motifs is 3. The van der Waals surface area contributed by atoms with Crippen molar-refractivity contribution in [1.29, 1.82) is 0 Å². The van der Waals surface area contributed by atoms with Crippen LogP contribution in [0.2, 0.25) is 0 Å². The topological polar surface area (TPSA) is 3.88 Å². The van der Waals surface area contributed by atoms with Crippen LogP contribution in [0, 0.1) is 20.8 Å². The Labute approximate surface area is 108 Å². The molecule has 0 saturated heterocycles. The number of aromatic nitrogens is 1. The van der Waals surface area contributed by atoms with Gasteiger partial charge >= 0.3 is 0 Å². The van der Waals surface area contributed by atoms with Crippen LogP contribution < -0.4 is 4.57 Å². The van der Waals surface area contributed by atoms with Gasteiger partial charge in [0.2, 0.25) is 0 Å². The van der Waals surface area contributed by atoms with Crippen molar-refractivity contribution in [3.63, 3.8) is 0 Å². The molecule has 0 N–H and O–H groups in total. The van der Waals surface area contributed by atoms with E-state index >= 15 is 0 Å². The fraction of sp³-hybridized carbons (Fsp3) is 0.235. The lowest BCUT2D eigenvalue weighted by molar-refractivity contribution is -0.676. The first kappa shape index (κ1) is 11.2. The molecule has 18 heavy (non-hydrogen) atoms. The average Bonchev–Trinajstić information content (AvgIpc) is 2.37. The molecule has 0 unspecified atom stereocenters. The van der Waals surface area contributed by atoms with Gasteiger partial charge in [-0.2, -0.15) is 0 Å². The third kappa shape index (κ3) is 1.43. The molecule has 0 aliphatic rings. The number of aryl methyl sites for hydroxylation is 4. The Kier molecular flexibility index (Phi) is 2.37. The van der Waals surface area contributed by atoms with Gasteiger partial charge in [0.1, 0.15) is 7.05 Å². The van der Waals surface area contributed by atoms with Gasteiger partial charge in [-0.05, 0) is 41.8 Å². The van der Waals surface area contributed by atoms with E-state index in [0.717, 1.165) is 0 Å². The quantitative estimate of drug-likeness (QED) is 0.413. The molecule has 1 heterocycles. The van der Waals surface area contributed by atoms with Gasteiger partial charge in [0.15, 0.2) is 11.9 Å². The first-order valence-corrected chi connectivity index (χ1v) is 6.37. The van der Waals surface area contributed by atoms with Crippen LogP contribution in [0.5, 0.6) is 0 Å². The predicted molar refractivity (Wildman–Crippen MR) is 76.8 cm³/mol. The van der Waals surface area contributed by atoms with Gasteiger partial charge in [-0.15, -0.1) is 0 Å². The second kappa shape index (κ2) is 3.81. The molecule has 0 aliphatic heterocycles. The van der Waals surface area contributed by atoms with Crippen LogP contribution in [-0.2, 0) is 7.05 Å². The minimum Gasteiger partial charge on any atom is -0.205 e. The zero-order chi connectivity index (χ0) is 12.9. The van der Waals surface area contributed by atoms with Crippen molar-refractivity contribution < 1.29 is 4.57 Å². The van der Waals surface area contributed by atoms with Crippen molar-refractivity contribution >= 4 is 21.5 Å². The van der Waals surface area contributed by atoms with E-state index < -0.39 is 0 Å². The minimum absolute atomic E-state index is 1.32. The van der Waals surface area contributed by atoms with Crippen LogP contribution in [0.3, 0.4) is 0 Å². The standard InChI is InChI=1S/C17H18N/c1-11-5-6-14-7-8-15-13(3)18(4)10-9-16(15)17(14)12(11)2/h5-10H,1-4H3/q+1. The Hall–Kier alpha value is -1.89. The molecule has 3 aromatic rings. The molecular formula is C17H18N+. The number of pyridine rings is 1. The summed E-state index contributed by atoms with van der Waals surface area (Å²) >= 11 is 0. The highest BCUT2D eigenvalue weighted by molar-refractivity contribution is 6.09. The Balaban J connectivity index is 2.61. The molecule has 0 spiro atoms. The SMILES string of the molecule is Cc1ccc2ccc3c(C)[n+](C)ccc3c2c1C. The number of hydrogen-bond donors (Lipinski definition) is 0. The summed E-state index contributed by atoms with van der Waals surface area (Å²) in [4.78, 5) is 0. The Bertz CT molecular complexity index is 770. The number of benzene rings is 2. The van der Waals surface area contributed by atoms with Crippen LogP contribution in [0.1, 0.15) is 16.8 Å². The number of nitrogens with zero attached hydrogens (tertiary/aromatic N) is 1. The Morgan fingerprint density at radius 1 is 0.833 bits per heavy atom. The molecule has 0 radical (unpaired) electrons. The first-order chi connectivity index (χ1) is 8.59. The van der Waals surface area contributed by atoms with Crippen molar-refractivity contribution in [1.82, 2.24) is 0 Å². The lowest BCUT2D eigenvalue weighted by atomic mass is 9.95. The average molecular weight is 236 g/mol. The summed E-state index contributed by atoms with van der Waals surface area (Å²) in [7, 11) is 2.10. The maximum atomic E-state index is 2.24. The maximum Gasteiger partial charge on any atom is 0.185 e. The first-order valence-electron chi connectivity index (χ1n) is 6.37. The number of rotatable bonds is 0. The molecule has 3 rings (SSSR count). The summed E-state index contributed by atoms with van der Waals surface area (Å²) in [5, 5.41) is 5.44. The molecule has 0 saturated carbocycles. The van der Waals surface area contributed by atoms with E-state index in [1.165, 1.54) is 38.4 Å². The molecule has 0 aliphatic carbocycles. The molecular weight excluding hydrogens is 218 g/mol. The van der Waals surface area contributed by atoms with E-state index in [1.54, 1.807) is 0 Å². The van der Waals surface area contributed by atoms with E-state index in [0.29, 0.717) is 0 Å². The van der Waals surface area contributed by atoms with E-state index in [4.69, 9.17) is 0 Å². The van der Waals surface area contributed by atoms with Crippen LogP contribution in [0.15, 0.2) is 36.5 Å². The number of hydrogen-bond acceptors (Lipinski definition) is 0. The van der Waals surface area contributed by atoms with Gasteiger partial charge in [0, 0.05) is 23.8 Å². The summed E-state index contributed by atoms with van der Waals surface area (Å²) in [6.45, 7) is 6.59. The fourth-order valence-corrected chi connectivity index (χ4v) is 2.71. The summed E-state index contributed by atoms with van der Waals surface area (Å²) in [6.07, 6.45) is 2.15. The fourth-order valence-electron chi connectivity index (χ4n) is 2.71. The zero-order valence-electron chi connectivity index (χ0n) is 11.4. The summed E-state index contributed by atoms with van der Waals surface area (Å²) in [6, 6.07) is 11.1. The normalized spacial score (nSPS) is 11.3. The smallest absolute Gasteiger partial charge is 0.185 e. The van der Waals surface area contributed by atoms with Crippen LogP contribution >= 0.6 is 0 Å². The second-order valence-electron chi connectivity index (χ2n) is 5.14. The molecule has 1 aromatic heterocycles. The zero-order valence-corrected chi connectivity index (χ0v) is 11.4. The largest absolute Gasteiger partial charge is 0.205 e. The van der Waals surface area contributed by atoms with E-state index in [9.17, 15) is 0 Å². The summed E-state index contributed by atoms with van der Waals surface area (Å²) < 4.78 is 2.18. The molecule has 2 aromatic carbocycles. The molecule has 0 atom stereocenters. The Morgan fingerprint density at radius 2 is 1.56 bits per heavy atom. The summed E-state index contributed by atoms with van der Waals surface area (Å²) in [5.41, 5.74) is 4.07. The monoisotopic (exact) mass is 236 g/mol. The van der Waals surface area contributed by atoms with Crippen molar-refractivity contribution in [3.05, 3.63) is 53.3 Å². The molecule has 1 heteroatoms. The Morgan fingerprint density at radius 3 is 2.33 bits per heavy atom. The van der Waals surface area contributed by atoms with Crippen LogP contribution in [0.25, 0.3) is 21.5 Å². The van der Waals surface area contributed by atoms with Crippen molar-refractivity contribution in [2.24, 2.45) is 7.05 Å². The van der Waals surface area contributed by atoms with Crippen molar-refractivity contribution in [3.8, 4) is 0 Å². The van der Waals surface area contributed by atoms with E-state index in [1.807, 2.05) is 0 Å². The highest BCUT2D eigenvalue weighted by Gasteiger charge is 2.11. The minimum atomic E-state index is 1.32.